The zero-order valence-corrected chi connectivity index (χ0v) is 11.2. The van der Waals surface area contributed by atoms with Gasteiger partial charge in [0.25, 0.3) is 0 Å². The van der Waals surface area contributed by atoms with Crippen molar-refractivity contribution in [1.29, 1.82) is 0 Å². The van der Waals surface area contributed by atoms with Crippen molar-refractivity contribution in [2.75, 3.05) is 13.1 Å². The molecule has 0 aromatic heterocycles. The smallest absolute Gasteiger partial charge is 0.222 e. The van der Waals surface area contributed by atoms with Gasteiger partial charge in [-0.25, -0.2) is 0 Å². The summed E-state index contributed by atoms with van der Waals surface area (Å²) in [6, 6.07) is 8.04. The first-order valence-electron chi connectivity index (χ1n) is 6.85. The lowest BCUT2D eigenvalue weighted by molar-refractivity contribution is -0.131. The quantitative estimate of drug-likeness (QED) is 0.821. The van der Waals surface area contributed by atoms with Gasteiger partial charge in [-0.05, 0) is 30.5 Å². The van der Waals surface area contributed by atoms with Gasteiger partial charge in [-0.2, -0.15) is 0 Å². The van der Waals surface area contributed by atoms with Gasteiger partial charge in [0.05, 0.1) is 6.54 Å². The molecule has 3 heteroatoms. The zero-order valence-electron chi connectivity index (χ0n) is 11.2. The molecule has 3 nitrogen and oxygen atoms in total. The molecule has 0 aliphatic carbocycles. The molecule has 1 saturated heterocycles. The van der Waals surface area contributed by atoms with Crippen LogP contribution >= 0.6 is 0 Å². The Bertz CT molecular complexity index is 499. The molecule has 0 unspecified atom stereocenters. The predicted octanol–water partition coefficient (Wildman–Crippen LogP) is 1.90. The fourth-order valence-corrected chi connectivity index (χ4v) is 2.33. The summed E-state index contributed by atoms with van der Waals surface area (Å²) in [5.41, 5.74) is 7.47. The number of rotatable bonds is 2. The summed E-state index contributed by atoms with van der Waals surface area (Å²) in [4.78, 5) is 13.9. The Morgan fingerprint density at radius 1 is 1.26 bits per heavy atom. The van der Waals surface area contributed by atoms with Crippen molar-refractivity contribution >= 4 is 5.91 Å². The highest BCUT2D eigenvalue weighted by molar-refractivity contribution is 5.76. The summed E-state index contributed by atoms with van der Waals surface area (Å²) in [6.45, 7) is 1.93. The molecule has 0 spiro atoms. The third-order valence-corrected chi connectivity index (χ3v) is 3.31. The Kier molecular flexibility index (Phi) is 5.00. The van der Waals surface area contributed by atoms with Gasteiger partial charge in [0.2, 0.25) is 5.91 Å². The van der Waals surface area contributed by atoms with E-state index in [4.69, 9.17) is 5.73 Å². The molecular weight excluding hydrogens is 236 g/mol. The van der Waals surface area contributed by atoms with Gasteiger partial charge in [0, 0.05) is 25.1 Å². The van der Waals surface area contributed by atoms with Crippen molar-refractivity contribution in [2.24, 2.45) is 5.73 Å². The minimum absolute atomic E-state index is 0.274. The number of nitrogens with zero attached hydrogens (tertiary/aromatic N) is 1. The minimum Gasteiger partial charge on any atom is -0.338 e. The molecule has 1 aromatic carbocycles. The van der Waals surface area contributed by atoms with Gasteiger partial charge in [-0.3, -0.25) is 4.79 Å². The van der Waals surface area contributed by atoms with E-state index in [0.717, 1.165) is 36.9 Å². The summed E-state index contributed by atoms with van der Waals surface area (Å²) >= 11 is 0. The van der Waals surface area contributed by atoms with E-state index in [2.05, 4.69) is 11.8 Å². The van der Waals surface area contributed by atoms with Crippen LogP contribution in [0, 0.1) is 11.8 Å². The molecule has 0 saturated carbocycles. The van der Waals surface area contributed by atoms with E-state index in [1.54, 1.807) is 0 Å². The van der Waals surface area contributed by atoms with Crippen LogP contribution in [-0.4, -0.2) is 23.9 Å². The Morgan fingerprint density at radius 3 is 3.00 bits per heavy atom. The van der Waals surface area contributed by atoms with Crippen LogP contribution in [0.4, 0.5) is 0 Å². The number of carbonyl (C=O) groups excluding carboxylic acids is 1. The fraction of sp³-hybridized carbons (Fsp3) is 0.438. The van der Waals surface area contributed by atoms with E-state index in [1.165, 1.54) is 0 Å². The molecule has 2 rings (SSSR count). The second kappa shape index (κ2) is 6.96. The van der Waals surface area contributed by atoms with Gasteiger partial charge in [-0.15, -0.1) is 0 Å². The molecule has 0 bridgehead atoms. The highest BCUT2D eigenvalue weighted by Gasteiger charge is 2.16. The molecule has 100 valence electrons. The van der Waals surface area contributed by atoms with Crippen LogP contribution in [0.15, 0.2) is 24.3 Å². The summed E-state index contributed by atoms with van der Waals surface area (Å²) in [6.07, 6.45) is 3.98. The molecule has 1 aromatic rings. The standard InChI is InChI=1S/C16H20N2O/c17-10-5-8-14-6-4-7-15(12-14)13-18-11-3-1-2-9-16(18)19/h4,6-7,12H,1-3,9-11,13,17H2. The first-order valence-corrected chi connectivity index (χ1v) is 6.85. The van der Waals surface area contributed by atoms with Crippen LogP contribution in [0.1, 0.15) is 36.8 Å². The summed E-state index contributed by atoms with van der Waals surface area (Å²) in [7, 11) is 0. The van der Waals surface area contributed by atoms with Crippen LogP contribution in [0.3, 0.4) is 0 Å². The predicted molar refractivity (Wildman–Crippen MR) is 76.3 cm³/mol. The SMILES string of the molecule is NCC#Cc1cccc(CN2CCCCCC2=O)c1. The van der Waals surface area contributed by atoms with E-state index < -0.39 is 0 Å². The number of carbonyl (C=O) groups is 1. The summed E-state index contributed by atoms with van der Waals surface area (Å²) < 4.78 is 0. The molecular formula is C16H20N2O. The lowest BCUT2D eigenvalue weighted by atomic mass is 10.1. The molecule has 19 heavy (non-hydrogen) atoms. The van der Waals surface area contributed by atoms with Gasteiger partial charge in [0.15, 0.2) is 0 Å². The Balaban J connectivity index is 2.07. The number of hydrogen-bond acceptors (Lipinski definition) is 2. The Hall–Kier alpha value is -1.79. The number of hydrogen-bond donors (Lipinski definition) is 1. The van der Waals surface area contributed by atoms with Crippen LogP contribution < -0.4 is 5.73 Å². The van der Waals surface area contributed by atoms with Crippen molar-refractivity contribution in [3.05, 3.63) is 35.4 Å². The van der Waals surface area contributed by atoms with Crippen molar-refractivity contribution in [1.82, 2.24) is 4.90 Å². The summed E-state index contributed by atoms with van der Waals surface area (Å²) in [5, 5.41) is 0. The third kappa shape index (κ3) is 4.11. The largest absolute Gasteiger partial charge is 0.338 e. The maximum atomic E-state index is 12.0. The molecule has 1 aliphatic heterocycles. The second-order valence-corrected chi connectivity index (χ2v) is 4.83. The number of nitrogens with two attached hydrogens (primary N) is 1. The van der Waals surface area contributed by atoms with Gasteiger partial charge < -0.3 is 10.6 Å². The monoisotopic (exact) mass is 256 g/mol. The van der Waals surface area contributed by atoms with Crippen molar-refractivity contribution in [3.63, 3.8) is 0 Å². The molecule has 1 aliphatic rings. The molecule has 0 radical (unpaired) electrons. The molecule has 1 amide bonds. The van der Waals surface area contributed by atoms with Gasteiger partial charge in [-0.1, -0.05) is 30.4 Å². The van der Waals surface area contributed by atoms with E-state index in [9.17, 15) is 4.79 Å². The van der Waals surface area contributed by atoms with Crippen LogP contribution in [-0.2, 0) is 11.3 Å². The molecule has 1 fully saturated rings. The topological polar surface area (TPSA) is 46.3 Å². The fourth-order valence-electron chi connectivity index (χ4n) is 2.33. The number of benzene rings is 1. The second-order valence-electron chi connectivity index (χ2n) is 4.83. The van der Waals surface area contributed by atoms with E-state index in [0.29, 0.717) is 19.5 Å². The highest BCUT2D eigenvalue weighted by atomic mass is 16.2. The van der Waals surface area contributed by atoms with Crippen molar-refractivity contribution < 1.29 is 4.79 Å². The minimum atomic E-state index is 0.274. The Labute approximate surface area is 114 Å². The first-order chi connectivity index (χ1) is 9.29. The van der Waals surface area contributed by atoms with Gasteiger partial charge >= 0.3 is 0 Å². The lowest BCUT2D eigenvalue weighted by Crippen LogP contribution is -2.29. The van der Waals surface area contributed by atoms with Crippen molar-refractivity contribution in [3.8, 4) is 11.8 Å². The van der Waals surface area contributed by atoms with Crippen molar-refractivity contribution in [2.45, 2.75) is 32.2 Å². The average molecular weight is 256 g/mol. The maximum absolute atomic E-state index is 12.0. The zero-order chi connectivity index (χ0) is 13.5. The lowest BCUT2D eigenvalue weighted by Gasteiger charge is -2.20. The number of likely N-dealkylation sites (tertiary alicyclic amines) is 1. The number of amides is 1. The average Bonchev–Trinajstić information content (AvgIpc) is 2.62. The highest BCUT2D eigenvalue weighted by Crippen LogP contribution is 2.15. The summed E-state index contributed by atoms with van der Waals surface area (Å²) in [5.74, 6) is 6.15. The molecule has 1 heterocycles. The normalized spacial score (nSPS) is 15.6. The van der Waals surface area contributed by atoms with Crippen LogP contribution in [0.5, 0.6) is 0 Å². The van der Waals surface area contributed by atoms with E-state index >= 15 is 0 Å². The first kappa shape index (κ1) is 13.6. The van der Waals surface area contributed by atoms with Crippen LogP contribution in [0.25, 0.3) is 0 Å². The molecule has 2 N–H and O–H groups in total. The third-order valence-electron chi connectivity index (χ3n) is 3.31. The maximum Gasteiger partial charge on any atom is 0.222 e. The molecule has 0 atom stereocenters. The Morgan fingerprint density at radius 2 is 2.16 bits per heavy atom. The van der Waals surface area contributed by atoms with Gasteiger partial charge in [0.1, 0.15) is 0 Å². The van der Waals surface area contributed by atoms with E-state index in [1.807, 2.05) is 29.2 Å². The van der Waals surface area contributed by atoms with E-state index in [-0.39, 0.29) is 5.91 Å². The van der Waals surface area contributed by atoms with Crippen LogP contribution in [0.2, 0.25) is 0 Å².